The third-order valence-corrected chi connectivity index (χ3v) is 6.40. The van der Waals surface area contributed by atoms with Crippen LogP contribution in [0.3, 0.4) is 0 Å². The number of nitrogens with one attached hydrogen (secondary N) is 1. The Morgan fingerprint density at radius 1 is 1.03 bits per heavy atom. The van der Waals surface area contributed by atoms with Gasteiger partial charge in [0.25, 0.3) is 5.91 Å². The van der Waals surface area contributed by atoms with Gasteiger partial charge in [-0.05, 0) is 49.7 Å². The zero-order valence-electron chi connectivity index (χ0n) is 18.7. The van der Waals surface area contributed by atoms with Gasteiger partial charge in [0.15, 0.2) is 0 Å². The van der Waals surface area contributed by atoms with Crippen molar-refractivity contribution < 1.29 is 19.1 Å². The molecule has 3 heterocycles. The lowest BCUT2D eigenvalue weighted by molar-refractivity contribution is -0.141. The van der Waals surface area contributed by atoms with Gasteiger partial charge in [-0.1, -0.05) is 18.2 Å². The standard InChI is InChI=1S/C24H27N5O4/c1-16(30)15-29-22(31)20-21(26(2)24(29)32)25-23-27(13-6-14-28(20)23)17-9-11-19(12-10-17)33-18-7-4-3-5-8-18/h3-5,7-12,20-21,23,25H,6,13-15H2,1-2H3. The molecule has 0 aliphatic carbocycles. The molecule has 3 saturated heterocycles. The van der Waals surface area contributed by atoms with E-state index in [-0.39, 0.29) is 24.5 Å². The van der Waals surface area contributed by atoms with Gasteiger partial charge in [0, 0.05) is 25.8 Å². The van der Waals surface area contributed by atoms with E-state index in [1.54, 1.807) is 7.05 Å². The number of amides is 3. The van der Waals surface area contributed by atoms with Crippen LogP contribution in [0.5, 0.6) is 11.5 Å². The van der Waals surface area contributed by atoms with Crippen molar-refractivity contribution in [3.8, 4) is 11.5 Å². The van der Waals surface area contributed by atoms with Gasteiger partial charge in [-0.15, -0.1) is 0 Å². The van der Waals surface area contributed by atoms with E-state index in [2.05, 4.69) is 15.1 Å². The number of ketones is 1. The van der Waals surface area contributed by atoms with Crippen LogP contribution >= 0.6 is 0 Å². The number of urea groups is 1. The SMILES string of the molecule is CC(=O)CN1C(=O)C2C(NC3N(c4ccc(Oc5ccccc5)cc4)CCCN23)N(C)C1=O. The molecule has 3 fully saturated rings. The fourth-order valence-electron chi connectivity index (χ4n) is 4.88. The van der Waals surface area contributed by atoms with Crippen molar-refractivity contribution in [1.82, 2.24) is 20.0 Å². The minimum absolute atomic E-state index is 0.198. The summed E-state index contributed by atoms with van der Waals surface area (Å²) in [6, 6.07) is 16.5. The lowest BCUT2D eigenvalue weighted by atomic mass is 10.1. The minimum Gasteiger partial charge on any atom is -0.457 e. The molecular weight excluding hydrogens is 422 g/mol. The summed E-state index contributed by atoms with van der Waals surface area (Å²) in [7, 11) is 1.67. The smallest absolute Gasteiger partial charge is 0.328 e. The largest absolute Gasteiger partial charge is 0.457 e. The molecular formula is C24H27N5O4. The predicted octanol–water partition coefficient (Wildman–Crippen LogP) is 2.06. The first-order valence-corrected chi connectivity index (χ1v) is 11.1. The van der Waals surface area contributed by atoms with E-state index in [1.807, 2.05) is 54.6 Å². The fraction of sp³-hybridized carbons (Fsp3) is 0.375. The maximum atomic E-state index is 13.2. The van der Waals surface area contributed by atoms with E-state index in [9.17, 15) is 14.4 Å². The normalized spacial score (nSPS) is 25.2. The van der Waals surface area contributed by atoms with Crippen molar-refractivity contribution in [1.29, 1.82) is 0 Å². The molecule has 0 saturated carbocycles. The molecule has 3 aliphatic rings. The average molecular weight is 450 g/mol. The van der Waals surface area contributed by atoms with Crippen LogP contribution in [0, 0.1) is 0 Å². The molecule has 3 atom stereocenters. The molecule has 33 heavy (non-hydrogen) atoms. The van der Waals surface area contributed by atoms with Crippen LogP contribution in [0.2, 0.25) is 0 Å². The Morgan fingerprint density at radius 2 is 1.73 bits per heavy atom. The van der Waals surface area contributed by atoms with Crippen molar-refractivity contribution in [2.75, 3.05) is 31.6 Å². The first-order valence-electron chi connectivity index (χ1n) is 11.1. The Morgan fingerprint density at radius 3 is 2.42 bits per heavy atom. The fourth-order valence-corrected chi connectivity index (χ4v) is 4.88. The van der Waals surface area contributed by atoms with E-state index in [1.165, 1.54) is 11.8 Å². The third kappa shape index (κ3) is 3.83. The number of rotatable bonds is 5. The highest BCUT2D eigenvalue weighted by Gasteiger charge is 2.56. The lowest BCUT2D eigenvalue weighted by Crippen LogP contribution is -2.66. The average Bonchev–Trinajstić information content (AvgIpc) is 3.22. The van der Waals surface area contributed by atoms with Gasteiger partial charge in [-0.25, -0.2) is 4.79 Å². The van der Waals surface area contributed by atoms with Crippen LogP contribution in [-0.4, -0.2) is 77.6 Å². The summed E-state index contributed by atoms with van der Waals surface area (Å²) >= 11 is 0. The topological polar surface area (TPSA) is 85.4 Å². The van der Waals surface area contributed by atoms with Crippen LogP contribution in [-0.2, 0) is 9.59 Å². The highest BCUT2D eigenvalue weighted by atomic mass is 16.5. The molecule has 9 nitrogen and oxygen atoms in total. The van der Waals surface area contributed by atoms with Gasteiger partial charge in [0.05, 0.1) is 6.54 Å². The van der Waals surface area contributed by atoms with E-state index >= 15 is 0 Å². The van der Waals surface area contributed by atoms with Crippen molar-refractivity contribution >= 4 is 23.4 Å². The number of ether oxygens (including phenoxy) is 1. The predicted molar refractivity (Wildman–Crippen MR) is 122 cm³/mol. The van der Waals surface area contributed by atoms with Crippen molar-refractivity contribution in [3.05, 3.63) is 54.6 Å². The third-order valence-electron chi connectivity index (χ3n) is 6.40. The van der Waals surface area contributed by atoms with Gasteiger partial charge in [-0.3, -0.25) is 24.7 Å². The van der Waals surface area contributed by atoms with Crippen molar-refractivity contribution in [2.45, 2.75) is 31.8 Å². The van der Waals surface area contributed by atoms with Crippen molar-refractivity contribution in [2.24, 2.45) is 0 Å². The summed E-state index contributed by atoms with van der Waals surface area (Å²) in [6.07, 6.45) is 0.201. The summed E-state index contributed by atoms with van der Waals surface area (Å²) in [5.74, 6) is 0.982. The Kier molecular flexibility index (Phi) is 5.51. The molecule has 5 rings (SSSR count). The molecule has 0 bridgehead atoms. The summed E-state index contributed by atoms with van der Waals surface area (Å²) < 4.78 is 5.90. The van der Waals surface area contributed by atoms with Gasteiger partial charge in [0.1, 0.15) is 35.8 Å². The molecule has 3 amide bonds. The zero-order valence-corrected chi connectivity index (χ0v) is 18.7. The second kappa shape index (κ2) is 8.49. The highest BCUT2D eigenvalue weighted by molar-refractivity contribution is 6.03. The van der Waals surface area contributed by atoms with Gasteiger partial charge < -0.3 is 14.5 Å². The number of anilines is 1. The Labute approximate surface area is 192 Å². The maximum Gasteiger partial charge on any atom is 0.328 e. The van der Waals surface area contributed by atoms with E-state index < -0.39 is 18.2 Å². The second-order valence-electron chi connectivity index (χ2n) is 8.64. The molecule has 2 aromatic carbocycles. The van der Waals surface area contributed by atoms with Crippen LogP contribution in [0.15, 0.2) is 54.6 Å². The number of fused-ring (bicyclic) bond motifs is 3. The molecule has 172 valence electrons. The quantitative estimate of drug-likeness (QED) is 0.748. The molecule has 2 aromatic rings. The molecule has 1 N–H and O–H groups in total. The number of likely N-dealkylation sites (N-methyl/N-ethyl adjacent to an activating group) is 1. The van der Waals surface area contributed by atoms with Gasteiger partial charge in [-0.2, -0.15) is 0 Å². The van der Waals surface area contributed by atoms with Crippen LogP contribution in [0.25, 0.3) is 0 Å². The molecule has 9 heteroatoms. The lowest BCUT2D eigenvalue weighted by Gasteiger charge is -2.43. The summed E-state index contributed by atoms with van der Waals surface area (Å²) in [5.41, 5.74) is 0.998. The number of carbonyl (C=O) groups excluding carboxylic acids is 3. The summed E-state index contributed by atoms with van der Waals surface area (Å²) in [5, 5.41) is 3.48. The summed E-state index contributed by atoms with van der Waals surface area (Å²) in [6.45, 7) is 2.73. The van der Waals surface area contributed by atoms with E-state index in [4.69, 9.17) is 4.74 Å². The maximum absolute atomic E-state index is 13.2. The first kappa shape index (κ1) is 21.4. The molecule has 3 unspecified atom stereocenters. The number of carbonyl (C=O) groups is 3. The van der Waals surface area contributed by atoms with Crippen molar-refractivity contribution in [3.63, 3.8) is 0 Å². The molecule has 0 radical (unpaired) electrons. The molecule has 3 aliphatic heterocycles. The van der Waals surface area contributed by atoms with E-state index in [0.29, 0.717) is 0 Å². The first-order chi connectivity index (χ1) is 15.9. The number of hydrogen-bond acceptors (Lipinski definition) is 7. The number of para-hydroxylation sites is 1. The van der Waals surface area contributed by atoms with Gasteiger partial charge >= 0.3 is 6.03 Å². The highest BCUT2D eigenvalue weighted by Crippen LogP contribution is 2.34. The Balaban J connectivity index is 1.36. The van der Waals surface area contributed by atoms with Crippen LogP contribution < -0.4 is 15.0 Å². The second-order valence-corrected chi connectivity index (χ2v) is 8.64. The zero-order chi connectivity index (χ0) is 23.1. The van der Waals surface area contributed by atoms with Crippen LogP contribution in [0.1, 0.15) is 13.3 Å². The number of benzene rings is 2. The Bertz CT molecular complexity index is 1060. The van der Waals surface area contributed by atoms with E-state index in [0.717, 1.165) is 41.6 Å². The molecule has 0 aromatic heterocycles. The minimum atomic E-state index is -0.527. The monoisotopic (exact) mass is 449 g/mol. The Hall–Kier alpha value is -3.43. The van der Waals surface area contributed by atoms with Gasteiger partial charge in [0.2, 0.25) is 0 Å². The van der Waals surface area contributed by atoms with Crippen LogP contribution in [0.4, 0.5) is 10.5 Å². The molecule has 0 spiro atoms. The number of Topliss-reactive ketones (excluding diaryl/α,β-unsaturated/α-hetero) is 1. The number of hydrogen-bond donors (Lipinski definition) is 1. The number of nitrogens with zero attached hydrogens (tertiary/aromatic N) is 4. The summed E-state index contributed by atoms with van der Waals surface area (Å²) in [4.78, 5) is 44.5. The number of imide groups is 1.